The highest BCUT2D eigenvalue weighted by molar-refractivity contribution is 7.07. The van der Waals surface area contributed by atoms with Gasteiger partial charge in [0.25, 0.3) is 0 Å². The predicted octanol–water partition coefficient (Wildman–Crippen LogP) is 4.79. The second-order valence-corrected chi connectivity index (χ2v) is 6.76. The Balaban J connectivity index is 1.95. The van der Waals surface area contributed by atoms with Crippen LogP contribution in [0.2, 0.25) is 0 Å². The van der Waals surface area contributed by atoms with E-state index < -0.39 is 0 Å². The summed E-state index contributed by atoms with van der Waals surface area (Å²) in [5, 5.41) is 6.66. The van der Waals surface area contributed by atoms with Gasteiger partial charge in [-0.05, 0) is 30.0 Å². The van der Waals surface area contributed by atoms with Crippen molar-refractivity contribution in [3.63, 3.8) is 0 Å². The molecule has 1 aromatic carbocycles. The molecule has 2 heterocycles. The molecule has 0 N–H and O–H groups in total. The lowest BCUT2D eigenvalue weighted by atomic mass is 10.2. The molecule has 0 aliphatic carbocycles. The second-order valence-electron chi connectivity index (χ2n) is 5.92. The second kappa shape index (κ2) is 7.93. The molecule has 0 saturated heterocycles. The maximum Gasteiger partial charge on any atom is 0.206 e. The average Bonchev–Trinajstić information content (AvgIpc) is 3.23. The van der Waals surface area contributed by atoms with Crippen LogP contribution >= 0.6 is 11.3 Å². The van der Waals surface area contributed by atoms with Gasteiger partial charge in [0.05, 0.1) is 12.8 Å². The molecule has 3 aromatic rings. The number of nitrogens with zero attached hydrogens (tertiary/aromatic N) is 3. The maximum absolute atomic E-state index is 5.53. The molecule has 0 radical (unpaired) electrons. The van der Waals surface area contributed by atoms with Crippen molar-refractivity contribution in [3.05, 3.63) is 64.5 Å². The smallest absolute Gasteiger partial charge is 0.206 e. The standard InChI is InChI=1S/C19H21N3OS/c1-15(2)10-11-21-22-17(18-9-6-12-23-18)14-24-19(22)20-13-16-7-4-3-5-8-16/h3-9,11-12,14-15H,10,13H2,1-2H3. The fraction of sp³-hybridized carbons (Fsp3) is 0.263. The summed E-state index contributed by atoms with van der Waals surface area (Å²) in [5.74, 6) is 1.37. The number of hydrogen-bond donors (Lipinski definition) is 0. The van der Waals surface area contributed by atoms with E-state index in [-0.39, 0.29) is 0 Å². The van der Waals surface area contributed by atoms with Crippen LogP contribution in [0.4, 0.5) is 0 Å². The Morgan fingerprint density at radius 2 is 2.00 bits per heavy atom. The van der Waals surface area contributed by atoms with Crippen molar-refractivity contribution in [2.45, 2.75) is 26.8 Å². The van der Waals surface area contributed by atoms with E-state index in [1.807, 2.05) is 46.6 Å². The Morgan fingerprint density at radius 3 is 2.71 bits per heavy atom. The molecule has 0 unspecified atom stereocenters. The van der Waals surface area contributed by atoms with E-state index in [9.17, 15) is 0 Å². The molecule has 3 rings (SSSR count). The maximum atomic E-state index is 5.53. The zero-order chi connectivity index (χ0) is 16.8. The Labute approximate surface area is 145 Å². The van der Waals surface area contributed by atoms with Crippen LogP contribution in [0.3, 0.4) is 0 Å². The van der Waals surface area contributed by atoms with Gasteiger partial charge in [-0.1, -0.05) is 44.2 Å². The molecule has 0 spiro atoms. The summed E-state index contributed by atoms with van der Waals surface area (Å²) in [6.45, 7) is 5.00. The summed E-state index contributed by atoms with van der Waals surface area (Å²) in [5.41, 5.74) is 2.11. The molecule has 0 atom stereocenters. The number of benzene rings is 1. The van der Waals surface area contributed by atoms with Crippen LogP contribution in [0.25, 0.3) is 11.5 Å². The molecule has 0 bridgehead atoms. The molecule has 0 saturated carbocycles. The van der Waals surface area contributed by atoms with Gasteiger partial charge in [-0.15, -0.1) is 11.3 Å². The summed E-state index contributed by atoms with van der Waals surface area (Å²) in [6.07, 6.45) is 4.56. The minimum atomic E-state index is 0.574. The first kappa shape index (κ1) is 16.5. The molecular weight excluding hydrogens is 318 g/mol. The van der Waals surface area contributed by atoms with Gasteiger partial charge in [-0.3, -0.25) is 4.99 Å². The lowest BCUT2D eigenvalue weighted by Crippen LogP contribution is -2.12. The highest BCUT2D eigenvalue weighted by atomic mass is 32.1. The van der Waals surface area contributed by atoms with Gasteiger partial charge in [-0.2, -0.15) is 5.10 Å². The summed E-state index contributed by atoms with van der Waals surface area (Å²) >= 11 is 1.58. The molecule has 5 heteroatoms. The van der Waals surface area contributed by atoms with E-state index in [4.69, 9.17) is 9.41 Å². The number of thiazole rings is 1. The lowest BCUT2D eigenvalue weighted by molar-refractivity contribution is 0.575. The van der Waals surface area contributed by atoms with Crippen molar-refractivity contribution >= 4 is 17.6 Å². The summed E-state index contributed by atoms with van der Waals surface area (Å²) in [7, 11) is 0. The van der Waals surface area contributed by atoms with Crippen LogP contribution in [-0.4, -0.2) is 10.9 Å². The van der Waals surface area contributed by atoms with E-state index in [0.717, 1.165) is 22.7 Å². The monoisotopic (exact) mass is 339 g/mol. The quantitative estimate of drug-likeness (QED) is 0.595. The van der Waals surface area contributed by atoms with Crippen LogP contribution in [0.5, 0.6) is 0 Å². The first-order valence-corrected chi connectivity index (χ1v) is 8.93. The van der Waals surface area contributed by atoms with Crippen LogP contribution in [0.15, 0.2) is 68.6 Å². The third-order valence-corrected chi connectivity index (χ3v) is 4.33. The fourth-order valence-corrected chi connectivity index (χ4v) is 3.01. The normalized spacial score (nSPS) is 12.5. The van der Waals surface area contributed by atoms with Crippen LogP contribution in [0, 0.1) is 5.92 Å². The van der Waals surface area contributed by atoms with Gasteiger partial charge in [-0.25, -0.2) is 4.68 Å². The third-order valence-electron chi connectivity index (χ3n) is 3.47. The van der Waals surface area contributed by atoms with Gasteiger partial charge in [0.1, 0.15) is 5.69 Å². The van der Waals surface area contributed by atoms with Gasteiger partial charge >= 0.3 is 0 Å². The fourth-order valence-electron chi connectivity index (χ4n) is 2.20. The van der Waals surface area contributed by atoms with Crippen molar-refractivity contribution in [2.75, 3.05) is 0 Å². The molecular formula is C19H21N3OS. The van der Waals surface area contributed by atoms with E-state index in [1.54, 1.807) is 17.6 Å². The average molecular weight is 339 g/mol. The van der Waals surface area contributed by atoms with E-state index in [0.29, 0.717) is 12.5 Å². The Hall–Kier alpha value is -2.40. The SMILES string of the molecule is CC(C)CC=Nn1c(-c2ccco2)csc1=NCc1ccccc1. The Bertz CT molecular complexity index is 842. The lowest BCUT2D eigenvalue weighted by Gasteiger charge is -2.02. The molecule has 0 aliphatic heterocycles. The Morgan fingerprint density at radius 1 is 1.17 bits per heavy atom. The van der Waals surface area contributed by atoms with Crippen LogP contribution in [-0.2, 0) is 6.54 Å². The third kappa shape index (κ3) is 4.11. The molecule has 24 heavy (non-hydrogen) atoms. The molecule has 0 amide bonds. The highest BCUT2D eigenvalue weighted by Gasteiger charge is 2.09. The number of rotatable bonds is 6. The first-order valence-electron chi connectivity index (χ1n) is 8.05. The van der Waals surface area contributed by atoms with Crippen molar-refractivity contribution in [1.82, 2.24) is 4.68 Å². The van der Waals surface area contributed by atoms with Crippen molar-refractivity contribution in [1.29, 1.82) is 0 Å². The molecule has 0 fully saturated rings. The summed E-state index contributed by atoms with van der Waals surface area (Å²) in [4.78, 5) is 5.60. The minimum absolute atomic E-state index is 0.574. The summed E-state index contributed by atoms with van der Waals surface area (Å²) in [6, 6.07) is 14.1. The predicted molar refractivity (Wildman–Crippen MR) is 99.1 cm³/mol. The van der Waals surface area contributed by atoms with E-state index in [2.05, 4.69) is 31.1 Å². The number of furan rings is 1. The molecule has 124 valence electrons. The molecule has 0 aliphatic rings. The summed E-state index contributed by atoms with van der Waals surface area (Å²) < 4.78 is 7.40. The van der Waals surface area contributed by atoms with Gasteiger partial charge in [0, 0.05) is 11.6 Å². The largest absolute Gasteiger partial charge is 0.463 e. The van der Waals surface area contributed by atoms with Crippen LogP contribution < -0.4 is 4.80 Å². The van der Waals surface area contributed by atoms with Crippen LogP contribution in [0.1, 0.15) is 25.8 Å². The van der Waals surface area contributed by atoms with Crippen molar-refractivity contribution in [2.24, 2.45) is 16.0 Å². The van der Waals surface area contributed by atoms with Gasteiger partial charge < -0.3 is 4.42 Å². The molecule has 2 aromatic heterocycles. The minimum Gasteiger partial charge on any atom is -0.463 e. The molecule has 4 nitrogen and oxygen atoms in total. The van der Waals surface area contributed by atoms with Gasteiger partial charge in [0.2, 0.25) is 4.80 Å². The highest BCUT2D eigenvalue weighted by Crippen LogP contribution is 2.20. The zero-order valence-electron chi connectivity index (χ0n) is 13.9. The first-order chi connectivity index (χ1) is 11.7. The Kier molecular flexibility index (Phi) is 5.43. The zero-order valence-corrected chi connectivity index (χ0v) is 14.7. The van der Waals surface area contributed by atoms with Crippen molar-refractivity contribution in [3.8, 4) is 11.5 Å². The topological polar surface area (TPSA) is 42.8 Å². The van der Waals surface area contributed by atoms with Gasteiger partial charge in [0.15, 0.2) is 5.76 Å². The number of aromatic nitrogens is 1. The number of hydrogen-bond acceptors (Lipinski definition) is 4. The van der Waals surface area contributed by atoms with E-state index >= 15 is 0 Å². The van der Waals surface area contributed by atoms with E-state index in [1.165, 1.54) is 5.56 Å². The van der Waals surface area contributed by atoms with Crippen molar-refractivity contribution < 1.29 is 4.42 Å².